The second kappa shape index (κ2) is 4.31. The summed E-state index contributed by atoms with van der Waals surface area (Å²) in [6, 6.07) is 0. The summed E-state index contributed by atoms with van der Waals surface area (Å²) in [7, 11) is -1.25. The molecule has 0 unspecified atom stereocenters. The maximum Gasteiger partial charge on any atom is -0.0336 e. The molecule has 1 saturated carbocycles. The molecule has 1 rings (SSSR count). The van der Waals surface area contributed by atoms with Gasteiger partial charge in [0.15, 0.2) is 0 Å². The first-order chi connectivity index (χ1) is 6.63. The van der Waals surface area contributed by atoms with E-state index in [-0.39, 0.29) is 0 Å². The molecule has 1 aliphatic rings. The minimum absolute atomic E-state index is 0.910. The summed E-state index contributed by atoms with van der Waals surface area (Å²) in [5.74, 6) is 4.50. The number of thiol groups is 1. The zero-order chi connectivity index (χ0) is 11.7. The van der Waals surface area contributed by atoms with Gasteiger partial charge in [-0.25, -0.2) is 0 Å². The van der Waals surface area contributed by atoms with Crippen LogP contribution in [0.15, 0.2) is 0 Å². The van der Waals surface area contributed by atoms with E-state index in [2.05, 4.69) is 38.9 Å². The lowest BCUT2D eigenvalue weighted by Crippen LogP contribution is -2.27. The predicted molar refractivity (Wildman–Crippen MR) is 77.8 cm³/mol. The molecular weight excluding hydrogens is 200 g/mol. The molecule has 0 aromatic heterocycles. The van der Waals surface area contributed by atoms with Gasteiger partial charge in [0.25, 0.3) is 0 Å². The number of hydrogen-bond donors (Lipinski definition) is 1. The molecule has 0 atom stereocenters. The van der Waals surface area contributed by atoms with E-state index in [1.54, 1.807) is 0 Å². The Hall–Kier alpha value is 0.350. The highest BCUT2D eigenvalue weighted by molar-refractivity contribution is 8.47. The van der Waals surface area contributed by atoms with Crippen LogP contribution in [0, 0.1) is 17.8 Å². The lowest BCUT2D eigenvalue weighted by atomic mass is 9.77. The van der Waals surface area contributed by atoms with Gasteiger partial charge in [0, 0.05) is 0 Å². The molecule has 0 heterocycles. The normalized spacial score (nSPS) is 31.3. The zero-order valence-corrected chi connectivity index (χ0v) is 12.6. The van der Waals surface area contributed by atoms with Crippen LogP contribution in [0.4, 0.5) is 0 Å². The van der Waals surface area contributed by atoms with Crippen LogP contribution in [-0.4, -0.2) is 30.8 Å². The zero-order valence-electron chi connectivity index (χ0n) is 11.7. The summed E-state index contributed by atoms with van der Waals surface area (Å²) in [5.41, 5.74) is 0. The van der Waals surface area contributed by atoms with E-state index in [0.717, 1.165) is 17.8 Å². The van der Waals surface area contributed by atoms with Crippen LogP contribution in [0.25, 0.3) is 0 Å². The van der Waals surface area contributed by atoms with Crippen molar-refractivity contribution in [2.45, 2.75) is 39.5 Å². The SMILES string of the molecule is CC(C)C1CCC(C[SH](C)(C)(C)C)CC1. The van der Waals surface area contributed by atoms with E-state index in [1.807, 2.05) is 0 Å². The summed E-state index contributed by atoms with van der Waals surface area (Å²) < 4.78 is 0. The van der Waals surface area contributed by atoms with Crippen LogP contribution in [0.5, 0.6) is 0 Å². The van der Waals surface area contributed by atoms with E-state index in [0.29, 0.717) is 0 Å². The molecule has 0 aromatic carbocycles. The minimum atomic E-state index is -1.25. The summed E-state index contributed by atoms with van der Waals surface area (Å²) in [5, 5.41) is 0. The lowest BCUT2D eigenvalue weighted by Gasteiger charge is -2.50. The standard InChI is InChI=1S/C14H32S/c1-12(2)14-9-7-13(8-10-14)11-15(3,4,5)6/h12-15H,7-11H2,1-6H3. The fourth-order valence-electron chi connectivity index (χ4n) is 3.07. The monoisotopic (exact) mass is 232 g/mol. The highest BCUT2D eigenvalue weighted by atomic mass is 32.3. The maximum absolute atomic E-state index is 2.53. The Morgan fingerprint density at radius 3 is 1.73 bits per heavy atom. The second-order valence-corrected chi connectivity index (χ2v) is 16.4. The number of rotatable bonds is 3. The van der Waals surface area contributed by atoms with Crippen LogP contribution in [-0.2, 0) is 0 Å². The highest BCUT2D eigenvalue weighted by Gasteiger charge is 2.28. The molecule has 0 N–H and O–H groups in total. The summed E-state index contributed by atoms with van der Waals surface area (Å²) in [6.07, 6.45) is 16.1. The third-order valence-corrected chi connectivity index (χ3v) is 5.80. The van der Waals surface area contributed by atoms with Gasteiger partial charge in [0.1, 0.15) is 0 Å². The summed E-state index contributed by atoms with van der Waals surface area (Å²) >= 11 is 0. The van der Waals surface area contributed by atoms with E-state index < -0.39 is 9.16 Å². The molecular formula is C14H32S. The Balaban J connectivity index is 2.39. The Morgan fingerprint density at radius 1 is 0.933 bits per heavy atom. The molecule has 0 aromatic rings. The van der Waals surface area contributed by atoms with Crippen LogP contribution in [0.1, 0.15) is 39.5 Å². The third-order valence-electron chi connectivity index (χ3n) is 3.82. The fourth-order valence-corrected chi connectivity index (χ4v) is 5.50. The van der Waals surface area contributed by atoms with Gasteiger partial charge in [0.2, 0.25) is 0 Å². The fraction of sp³-hybridized carbons (Fsp3) is 1.00. The first-order valence-corrected chi connectivity index (χ1v) is 10.8. The van der Waals surface area contributed by atoms with Gasteiger partial charge >= 0.3 is 0 Å². The van der Waals surface area contributed by atoms with Crippen molar-refractivity contribution in [2.75, 3.05) is 30.8 Å². The summed E-state index contributed by atoms with van der Waals surface area (Å²) in [6.45, 7) is 4.79. The van der Waals surface area contributed by atoms with E-state index >= 15 is 0 Å². The molecule has 0 spiro atoms. The van der Waals surface area contributed by atoms with Crippen molar-refractivity contribution < 1.29 is 0 Å². The Morgan fingerprint density at radius 2 is 1.40 bits per heavy atom. The second-order valence-electron chi connectivity index (χ2n) is 8.16. The predicted octanol–water partition coefficient (Wildman–Crippen LogP) is 4.04. The average Bonchev–Trinajstić information content (AvgIpc) is 2.00. The van der Waals surface area contributed by atoms with Gasteiger partial charge in [-0.1, -0.05) is 13.8 Å². The van der Waals surface area contributed by atoms with Crippen molar-refractivity contribution in [2.24, 2.45) is 17.8 Å². The topological polar surface area (TPSA) is 0 Å². The molecule has 0 aliphatic heterocycles. The van der Waals surface area contributed by atoms with Crippen molar-refractivity contribution in [1.82, 2.24) is 0 Å². The first kappa shape index (κ1) is 13.4. The Kier molecular flexibility index (Phi) is 3.86. The van der Waals surface area contributed by atoms with Crippen molar-refractivity contribution in [1.29, 1.82) is 0 Å². The molecule has 94 valence electrons. The molecule has 1 fully saturated rings. The molecule has 15 heavy (non-hydrogen) atoms. The smallest absolute Gasteiger partial charge is 0.0336 e. The van der Waals surface area contributed by atoms with Crippen molar-refractivity contribution in [3.05, 3.63) is 0 Å². The van der Waals surface area contributed by atoms with Crippen LogP contribution in [0.3, 0.4) is 0 Å². The molecule has 0 amide bonds. The van der Waals surface area contributed by atoms with Crippen molar-refractivity contribution in [3.8, 4) is 0 Å². The summed E-state index contributed by atoms with van der Waals surface area (Å²) in [4.78, 5) is 0. The van der Waals surface area contributed by atoms with E-state index in [4.69, 9.17) is 0 Å². The van der Waals surface area contributed by atoms with Crippen LogP contribution >= 0.6 is 9.16 Å². The molecule has 0 nitrogen and oxygen atoms in total. The van der Waals surface area contributed by atoms with Gasteiger partial charge in [-0.05, 0) is 74.2 Å². The van der Waals surface area contributed by atoms with Gasteiger partial charge in [-0.15, -0.1) is 0 Å². The number of hydrogen-bond acceptors (Lipinski definition) is 0. The quantitative estimate of drug-likeness (QED) is 0.698. The van der Waals surface area contributed by atoms with Gasteiger partial charge < -0.3 is 0 Å². The maximum atomic E-state index is 2.53. The Bertz CT molecular complexity index is 192. The average molecular weight is 232 g/mol. The molecule has 1 aliphatic carbocycles. The molecule has 0 bridgehead atoms. The van der Waals surface area contributed by atoms with E-state index in [1.165, 1.54) is 31.4 Å². The molecule has 0 saturated heterocycles. The lowest BCUT2D eigenvalue weighted by molar-refractivity contribution is 0.236. The van der Waals surface area contributed by atoms with Gasteiger partial charge in [-0.2, -0.15) is 0 Å². The van der Waals surface area contributed by atoms with Crippen LogP contribution < -0.4 is 0 Å². The molecule has 0 radical (unpaired) electrons. The minimum Gasteiger partial charge on any atom is -0.292 e. The van der Waals surface area contributed by atoms with E-state index in [9.17, 15) is 0 Å². The first-order valence-electron chi connectivity index (χ1n) is 6.63. The van der Waals surface area contributed by atoms with Gasteiger partial charge in [-0.3, -0.25) is 9.16 Å². The Labute approximate surface area is 97.5 Å². The molecule has 1 heteroatoms. The van der Waals surface area contributed by atoms with Crippen LogP contribution in [0.2, 0.25) is 0 Å². The van der Waals surface area contributed by atoms with Crippen molar-refractivity contribution in [3.63, 3.8) is 0 Å². The third kappa shape index (κ3) is 5.29. The largest absolute Gasteiger partial charge is 0.292 e. The van der Waals surface area contributed by atoms with Gasteiger partial charge in [0.05, 0.1) is 0 Å². The van der Waals surface area contributed by atoms with Crippen molar-refractivity contribution >= 4 is 9.16 Å². The highest BCUT2D eigenvalue weighted by Crippen LogP contribution is 2.58.